The van der Waals surface area contributed by atoms with Crippen LogP contribution in [0.3, 0.4) is 0 Å². The number of halogens is 1. The number of hydrogen-bond donors (Lipinski definition) is 0. The number of nitrogens with zero attached hydrogens (tertiary/aromatic N) is 1. The van der Waals surface area contributed by atoms with E-state index in [2.05, 4.69) is 0 Å². The average molecular weight is 346 g/mol. The fourth-order valence-electron chi connectivity index (χ4n) is 2.52. The van der Waals surface area contributed by atoms with E-state index in [9.17, 15) is 13.2 Å². The highest BCUT2D eigenvalue weighted by molar-refractivity contribution is 7.91. The molecule has 1 aromatic carbocycles. The second-order valence-corrected chi connectivity index (χ2v) is 8.33. The van der Waals surface area contributed by atoms with Crippen LogP contribution in [0.25, 0.3) is 0 Å². The first kappa shape index (κ1) is 17.1. The van der Waals surface area contributed by atoms with Crippen LogP contribution in [0.1, 0.15) is 17.5 Å². The van der Waals surface area contributed by atoms with Gasteiger partial charge in [0.25, 0.3) is 5.91 Å². The standard InChI is InChI=1S/C15H20ClNO4S/c1-10-6-13(7-11(2)15(10)16)21-8-14(18)17(3)12-4-5-22(19,20)9-12/h6-7,12H,4-5,8-9H2,1-3H3. The molecule has 2 rings (SSSR count). The van der Waals surface area contributed by atoms with Crippen molar-refractivity contribution >= 4 is 27.3 Å². The molecule has 1 unspecified atom stereocenters. The van der Waals surface area contributed by atoms with E-state index in [1.807, 2.05) is 13.8 Å². The van der Waals surface area contributed by atoms with Gasteiger partial charge in [0, 0.05) is 18.1 Å². The number of ether oxygens (including phenoxy) is 1. The van der Waals surface area contributed by atoms with Crippen molar-refractivity contribution in [3.63, 3.8) is 0 Å². The van der Waals surface area contributed by atoms with Crippen molar-refractivity contribution < 1.29 is 17.9 Å². The maximum Gasteiger partial charge on any atom is 0.260 e. The van der Waals surface area contributed by atoms with Crippen LogP contribution < -0.4 is 4.74 Å². The van der Waals surface area contributed by atoms with Crippen molar-refractivity contribution in [2.75, 3.05) is 25.2 Å². The zero-order valence-corrected chi connectivity index (χ0v) is 14.5. The molecule has 1 aromatic rings. The minimum absolute atomic E-state index is 0.0361. The Morgan fingerprint density at radius 1 is 1.36 bits per heavy atom. The fraction of sp³-hybridized carbons (Fsp3) is 0.533. The van der Waals surface area contributed by atoms with Gasteiger partial charge in [-0.3, -0.25) is 4.79 Å². The Balaban J connectivity index is 1.95. The molecule has 22 heavy (non-hydrogen) atoms. The molecule has 1 atom stereocenters. The van der Waals surface area contributed by atoms with Crippen LogP contribution in [0.15, 0.2) is 12.1 Å². The Hall–Kier alpha value is -1.27. The molecule has 0 N–H and O–H groups in total. The first-order chi connectivity index (χ1) is 10.2. The number of aryl methyl sites for hydroxylation is 2. The summed E-state index contributed by atoms with van der Waals surface area (Å²) >= 11 is 6.09. The van der Waals surface area contributed by atoms with Crippen molar-refractivity contribution in [3.05, 3.63) is 28.3 Å². The van der Waals surface area contributed by atoms with Crippen LogP contribution in [-0.2, 0) is 14.6 Å². The normalized spacial score (nSPS) is 19.9. The summed E-state index contributed by atoms with van der Waals surface area (Å²) in [6.45, 7) is 3.63. The van der Waals surface area contributed by atoms with E-state index < -0.39 is 9.84 Å². The monoisotopic (exact) mass is 345 g/mol. The SMILES string of the molecule is Cc1cc(OCC(=O)N(C)C2CCS(=O)(=O)C2)cc(C)c1Cl. The number of benzene rings is 1. The first-order valence-electron chi connectivity index (χ1n) is 7.05. The van der Waals surface area contributed by atoms with Crippen LogP contribution in [0.2, 0.25) is 5.02 Å². The third-order valence-corrected chi connectivity index (χ3v) is 6.27. The predicted octanol–water partition coefficient (Wildman–Crippen LogP) is 1.98. The van der Waals surface area contributed by atoms with E-state index in [0.717, 1.165) is 11.1 Å². The Morgan fingerprint density at radius 3 is 2.45 bits per heavy atom. The summed E-state index contributed by atoms with van der Waals surface area (Å²) in [5.74, 6) is 0.535. The predicted molar refractivity (Wildman–Crippen MR) is 86.2 cm³/mol. The maximum atomic E-state index is 12.1. The number of carbonyl (C=O) groups is 1. The summed E-state index contributed by atoms with van der Waals surface area (Å²) in [4.78, 5) is 13.6. The molecule has 0 bridgehead atoms. The van der Waals surface area contributed by atoms with E-state index in [1.54, 1.807) is 19.2 Å². The maximum absolute atomic E-state index is 12.1. The lowest BCUT2D eigenvalue weighted by Gasteiger charge is -2.23. The van der Waals surface area contributed by atoms with Gasteiger partial charge in [-0.1, -0.05) is 11.6 Å². The zero-order valence-electron chi connectivity index (χ0n) is 12.9. The molecule has 0 spiro atoms. The van der Waals surface area contributed by atoms with Crippen molar-refractivity contribution in [1.29, 1.82) is 0 Å². The fourth-order valence-corrected chi connectivity index (χ4v) is 4.40. The molecule has 1 fully saturated rings. The lowest BCUT2D eigenvalue weighted by molar-refractivity contribution is -0.133. The van der Waals surface area contributed by atoms with Gasteiger partial charge in [0.2, 0.25) is 0 Å². The quantitative estimate of drug-likeness (QED) is 0.837. The molecule has 1 aliphatic rings. The minimum atomic E-state index is -3.01. The Labute approximate surface area is 136 Å². The first-order valence-corrected chi connectivity index (χ1v) is 9.25. The van der Waals surface area contributed by atoms with Crippen molar-refractivity contribution in [2.45, 2.75) is 26.3 Å². The zero-order chi connectivity index (χ0) is 16.5. The number of likely N-dealkylation sites (N-methyl/N-ethyl adjacent to an activating group) is 1. The van der Waals surface area contributed by atoms with Crippen LogP contribution in [0.4, 0.5) is 0 Å². The molecule has 0 saturated carbocycles. The molecular weight excluding hydrogens is 326 g/mol. The lowest BCUT2D eigenvalue weighted by atomic mass is 10.1. The van der Waals surface area contributed by atoms with Crippen molar-refractivity contribution in [2.24, 2.45) is 0 Å². The summed E-state index contributed by atoms with van der Waals surface area (Å²) in [6.07, 6.45) is 0.490. The lowest BCUT2D eigenvalue weighted by Crippen LogP contribution is -2.40. The van der Waals surface area contributed by atoms with Crippen molar-refractivity contribution in [3.8, 4) is 5.75 Å². The molecule has 5 nitrogen and oxygen atoms in total. The number of rotatable bonds is 4. The Morgan fingerprint density at radius 2 is 1.95 bits per heavy atom. The number of hydrogen-bond acceptors (Lipinski definition) is 4. The van der Waals surface area contributed by atoms with Gasteiger partial charge in [-0.05, 0) is 43.5 Å². The van der Waals surface area contributed by atoms with Gasteiger partial charge in [0.1, 0.15) is 5.75 Å². The number of carbonyl (C=O) groups excluding carboxylic acids is 1. The van der Waals surface area contributed by atoms with Crippen LogP contribution in [0, 0.1) is 13.8 Å². The highest BCUT2D eigenvalue weighted by atomic mass is 35.5. The highest BCUT2D eigenvalue weighted by Gasteiger charge is 2.32. The Kier molecular flexibility index (Phi) is 5.02. The topological polar surface area (TPSA) is 63.7 Å². The molecular formula is C15H20ClNO4S. The molecule has 7 heteroatoms. The van der Waals surface area contributed by atoms with Crippen LogP contribution in [0.5, 0.6) is 5.75 Å². The summed E-state index contributed by atoms with van der Waals surface area (Å²) in [5, 5.41) is 0.687. The van der Waals surface area contributed by atoms with Gasteiger partial charge in [-0.15, -0.1) is 0 Å². The van der Waals surface area contributed by atoms with Gasteiger partial charge in [-0.2, -0.15) is 0 Å². The smallest absolute Gasteiger partial charge is 0.260 e. The molecule has 0 aromatic heterocycles. The molecule has 1 amide bonds. The van der Waals surface area contributed by atoms with Crippen molar-refractivity contribution in [1.82, 2.24) is 4.90 Å². The summed E-state index contributed by atoms with van der Waals surface area (Å²) in [7, 11) is -1.39. The summed E-state index contributed by atoms with van der Waals surface area (Å²) in [5.41, 5.74) is 1.78. The van der Waals surface area contributed by atoms with Crippen LogP contribution in [-0.4, -0.2) is 50.4 Å². The summed E-state index contributed by atoms with van der Waals surface area (Å²) in [6, 6.07) is 3.31. The minimum Gasteiger partial charge on any atom is -0.484 e. The van der Waals surface area contributed by atoms with E-state index in [-0.39, 0.29) is 30.1 Å². The third-order valence-electron chi connectivity index (χ3n) is 3.92. The number of amides is 1. The van der Waals surface area contributed by atoms with E-state index in [0.29, 0.717) is 17.2 Å². The molecule has 1 heterocycles. The highest BCUT2D eigenvalue weighted by Crippen LogP contribution is 2.26. The largest absolute Gasteiger partial charge is 0.484 e. The van der Waals surface area contributed by atoms with Gasteiger partial charge in [0.15, 0.2) is 16.4 Å². The average Bonchev–Trinajstić information content (AvgIpc) is 2.81. The second kappa shape index (κ2) is 6.46. The molecule has 1 saturated heterocycles. The van der Waals surface area contributed by atoms with E-state index >= 15 is 0 Å². The summed E-state index contributed by atoms with van der Waals surface area (Å²) < 4.78 is 28.5. The van der Waals surface area contributed by atoms with Gasteiger partial charge in [0.05, 0.1) is 11.5 Å². The van der Waals surface area contributed by atoms with E-state index in [4.69, 9.17) is 16.3 Å². The number of sulfone groups is 1. The van der Waals surface area contributed by atoms with Crippen LogP contribution >= 0.6 is 11.6 Å². The Bertz CT molecular complexity index is 664. The van der Waals surface area contributed by atoms with Gasteiger partial charge >= 0.3 is 0 Å². The van der Waals surface area contributed by atoms with Gasteiger partial charge < -0.3 is 9.64 Å². The third kappa shape index (κ3) is 3.93. The molecule has 0 radical (unpaired) electrons. The molecule has 122 valence electrons. The van der Waals surface area contributed by atoms with E-state index in [1.165, 1.54) is 4.90 Å². The molecule has 1 aliphatic heterocycles. The second-order valence-electron chi connectivity index (χ2n) is 5.72. The molecule has 0 aliphatic carbocycles. The van der Waals surface area contributed by atoms with Gasteiger partial charge in [-0.25, -0.2) is 8.42 Å².